The zero-order chi connectivity index (χ0) is 13.4. The van der Waals surface area contributed by atoms with E-state index in [9.17, 15) is 4.39 Å². The number of nitrogens with one attached hydrogen (secondary N) is 1. The van der Waals surface area contributed by atoms with Gasteiger partial charge in [-0.15, -0.1) is 0 Å². The third-order valence-corrected chi connectivity index (χ3v) is 3.24. The first-order chi connectivity index (χ1) is 8.66. The first kappa shape index (κ1) is 15.3. The van der Waals surface area contributed by atoms with Crippen LogP contribution in [0.4, 0.5) is 4.39 Å². The lowest BCUT2D eigenvalue weighted by molar-refractivity contribution is 0.199. The van der Waals surface area contributed by atoms with Crippen LogP contribution in [0.5, 0.6) is 0 Å². The zero-order valence-electron chi connectivity index (χ0n) is 10.8. The second kappa shape index (κ2) is 8.40. The molecule has 4 heteroatoms. The number of ether oxygens (including phenoxy) is 1. The third kappa shape index (κ3) is 4.88. The molecule has 0 bridgehead atoms. The largest absolute Gasteiger partial charge is 0.383 e. The number of hydrogen-bond acceptors (Lipinski definition) is 2. The molecule has 0 aromatic heterocycles. The van der Waals surface area contributed by atoms with Gasteiger partial charge in [0, 0.05) is 19.2 Å². The van der Waals surface area contributed by atoms with Crippen LogP contribution < -0.4 is 5.32 Å². The van der Waals surface area contributed by atoms with Crippen molar-refractivity contribution in [3.05, 3.63) is 40.1 Å². The van der Waals surface area contributed by atoms with Gasteiger partial charge >= 0.3 is 0 Å². The smallest absolute Gasteiger partial charge is 0.144 e. The van der Waals surface area contributed by atoms with Crippen LogP contribution >= 0.6 is 15.9 Å². The van der Waals surface area contributed by atoms with Crippen LogP contribution in [-0.4, -0.2) is 26.8 Å². The number of allylic oxidation sites excluding steroid dienone is 1. The van der Waals surface area contributed by atoms with Crippen molar-refractivity contribution in [3.8, 4) is 0 Å². The fraction of sp³-hybridized carbons (Fsp3) is 0.429. The highest BCUT2D eigenvalue weighted by atomic mass is 79.9. The molecule has 1 aromatic carbocycles. The summed E-state index contributed by atoms with van der Waals surface area (Å²) in [5, 5.41) is 3.25. The van der Waals surface area contributed by atoms with Crippen molar-refractivity contribution in [1.82, 2.24) is 5.32 Å². The molecule has 0 aliphatic heterocycles. The molecule has 1 aromatic rings. The molecule has 0 amide bonds. The van der Waals surface area contributed by atoms with Crippen LogP contribution in [0.25, 0.3) is 5.57 Å². The summed E-state index contributed by atoms with van der Waals surface area (Å²) in [7, 11) is 1.68. The Morgan fingerprint density at radius 2 is 2.22 bits per heavy atom. The second-order valence-electron chi connectivity index (χ2n) is 4.02. The predicted octanol–water partition coefficient (Wildman–Crippen LogP) is 3.62. The quantitative estimate of drug-likeness (QED) is 0.776. The van der Waals surface area contributed by atoms with E-state index in [0.717, 1.165) is 25.1 Å². The number of rotatable bonds is 7. The summed E-state index contributed by atoms with van der Waals surface area (Å²) in [6.07, 6.45) is 2.92. The van der Waals surface area contributed by atoms with Gasteiger partial charge in [-0.2, -0.15) is 0 Å². The zero-order valence-corrected chi connectivity index (χ0v) is 12.4. The van der Waals surface area contributed by atoms with Crippen LogP contribution in [-0.2, 0) is 4.74 Å². The van der Waals surface area contributed by atoms with E-state index in [1.165, 1.54) is 0 Å². The second-order valence-corrected chi connectivity index (χ2v) is 4.87. The van der Waals surface area contributed by atoms with E-state index in [4.69, 9.17) is 4.74 Å². The summed E-state index contributed by atoms with van der Waals surface area (Å²) >= 11 is 3.20. The minimum atomic E-state index is -0.196. The lowest BCUT2D eigenvalue weighted by Crippen LogP contribution is -2.19. The summed E-state index contributed by atoms with van der Waals surface area (Å²) < 4.78 is 19.2. The molecule has 0 aliphatic carbocycles. The fourth-order valence-electron chi connectivity index (χ4n) is 1.61. The van der Waals surface area contributed by atoms with E-state index in [2.05, 4.69) is 21.2 Å². The summed E-state index contributed by atoms with van der Waals surface area (Å²) in [5.74, 6) is -0.196. The molecule has 0 fully saturated rings. The van der Waals surface area contributed by atoms with Crippen LogP contribution in [0, 0.1) is 5.82 Å². The maximum absolute atomic E-state index is 13.8. The van der Waals surface area contributed by atoms with Gasteiger partial charge in [0.05, 0.1) is 11.1 Å². The Morgan fingerprint density at radius 1 is 1.44 bits per heavy atom. The maximum Gasteiger partial charge on any atom is 0.144 e. The average Bonchev–Trinajstić information content (AvgIpc) is 2.36. The molecule has 0 radical (unpaired) electrons. The van der Waals surface area contributed by atoms with E-state index in [0.29, 0.717) is 16.6 Å². The minimum absolute atomic E-state index is 0.196. The lowest BCUT2D eigenvalue weighted by Gasteiger charge is -2.06. The fourth-order valence-corrected chi connectivity index (χ4v) is 1.97. The molecule has 0 aliphatic rings. The van der Waals surface area contributed by atoms with Crippen LogP contribution in [0.2, 0.25) is 0 Å². The van der Waals surface area contributed by atoms with Gasteiger partial charge in [0.15, 0.2) is 0 Å². The number of halogens is 2. The highest BCUT2D eigenvalue weighted by molar-refractivity contribution is 9.10. The van der Waals surface area contributed by atoms with Crippen molar-refractivity contribution in [2.24, 2.45) is 0 Å². The number of hydrogen-bond donors (Lipinski definition) is 1. The Morgan fingerprint density at radius 3 is 2.94 bits per heavy atom. The van der Waals surface area contributed by atoms with Gasteiger partial charge in [-0.25, -0.2) is 4.39 Å². The molecule has 18 heavy (non-hydrogen) atoms. The Labute approximate surface area is 116 Å². The van der Waals surface area contributed by atoms with Crippen molar-refractivity contribution in [2.45, 2.75) is 13.3 Å². The van der Waals surface area contributed by atoms with Crippen molar-refractivity contribution < 1.29 is 9.13 Å². The van der Waals surface area contributed by atoms with Crippen molar-refractivity contribution in [2.75, 3.05) is 26.8 Å². The van der Waals surface area contributed by atoms with Gasteiger partial charge in [-0.05, 0) is 47.5 Å². The molecule has 0 unspecified atom stereocenters. The molecule has 0 saturated carbocycles. The molecule has 0 heterocycles. The van der Waals surface area contributed by atoms with E-state index >= 15 is 0 Å². The van der Waals surface area contributed by atoms with Crippen LogP contribution in [0.3, 0.4) is 0 Å². The van der Waals surface area contributed by atoms with Gasteiger partial charge in [0.25, 0.3) is 0 Å². The van der Waals surface area contributed by atoms with Gasteiger partial charge in [-0.3, -0.25) is 0 Å². The average molecular weight is 316 g/mol. The molecule has 2 nitrogen and oxygen atoms in total. The molecule has 100 valence electrons. The Kier molecular flexibility index (Phi) is 7.16. The van der Waals surface area contributed by atoms with E-state index in [1.807, 2.05) is 19.1 Å². The Bertz CT molecular complexity index is 407. The maximum atomic E-state index is 13.8. The third-order valence-electron chi connectivity index (χ3n) is 2.63. The summed E-state index contributed by atoms with van der Waals surface area (Å²) in [6, 6.07) is 5.35. The highest BCUT2D eigenvalue weighted by Gasteiger charge is 2.06. The van der Waals surface area contributed by atoms with Crippen LogP contribution in [0.15, 0.2) is 28.7 Å². The molecular formula is C14H19BrFNO. The molecule has 1 rings (SSSR count). The standard InChI is InChI=1S/C14H19BrFNO/c1-11(5-4-8-17-9-10-18-2)12-6-3-7-13(15)14(12)16/h3,5-7,17H,4,8-10H2,1-2H3/b11-5-. The van der Waals surface area contributed by atoms with Crippen LogP contribution in [0.1, 0.15) is 18.9 Å². The number of methoxy groups -OCH3 is 1. The van der Waals surface area contributed by atoms with Crippen molar-refractivity contribution in [3.63, 3.8) is 0 Å². The monoisotopic (exact) mass is 315 g/mol. The van der Waals surface area contributed by atoms with Gasteiger partial charge in [-0.1, -0.05) is 18.2 Å². The first-order valence-electron chi connectivity index (χ1n) is 5.97. The molecule has 1 N–H and O–H groups in total. The summed E-state index contributed by atoms with van der Waals surface area (Å²) in [4.78, 5) is 0. The number of benzene rings is 1. The molecular weight excluding hydrogens is 297 g/mol. The Hall–Kier alpha value is -0.710. The van der Waals surface area contributed by atoms with E-state index < -0.39 is 0 Å². The van der Waals surface area contributed by atoms with E-state index in [-0.39, 0.29) is 5.82 Å². The SMILES string of the molecule is COCCNCC/C=C(/C)c1cccc(Br)c1F. The molecule has 0 saturated heterocycles. The molecule has 0 atom stereocenters. The Balaban J connectivity index is 2.48. The van der Waals surface area contributed by atoms with Gasteiger partial charge in [0.1, 0.15) is 5.82 Å². The summed E-state index contributed by atoms with van der Waals surface area (Å²) in [6.45, 7) is 4.36. The van der Waals surface area contributed by atoms with Crippen molar-refractivity contribution in [1.29, 1.82) is 0 Å². The normalized spacial score (nSPS) is 11.9. The van der Waals surface area contributed by atoms with Gasteiger partial charge < -0.3 is 10.1 Å². The summed E-state index contributed by atoms with van der Waals surface area (Å²) in [5.41, 5.74) is 1.61. The lowest BCUT2D eigenvalue weighted by atomic mass is 10.1. The first-order valence-corrected chi connectivity index (χ1v) is 6.77. The van der Waals surface area contributed by atoms with Gasteiger partial charge in [0.2, 0.25) is 0 Å². The predicted molar refractivity (Wildman–Crippen MR) is 77.1 cm³/mol. The minimum Gasteiger partial charge on any atom is -0.383 e. The molecule has 0 spiro atoms. The van der Waals surface area contributed by atoms with Crippen molar-refractivity contribution >= 4 is 21.5 Å². The highest BCUT2D eigenvalue weighted by Crippen LogP contribution is 2.24. The topological polar surface area (TPSA) is 21.3 Å². The van der Waals surface area contributed by atoms with E-state index in [1.54, 1.807) is 19.2 Å².